The highest BCUT2D eigenvalue weighted by Gasteiger charge is 2.17. The molecule has 1 heterocycles. The number of carbonyl (C=O) groups excluding carboxylic acids is 1. The molecule has 1 N–H and O–H groups in total. The van der Waals surface area contributed by atoms with Crippen LogP contribution in [0.25, 0.3) is 11.3 Å². The van der Waals surface area contributed by atoms with Crippen LogP contribution in [-0.2, 0) is 0 Å². The van der Waals surface area contributed by atoms with Crippen molar-refractivity contribution >= 4 is 17.3 Å². The molecule has 3 rings (SSSR count). The van der Waals surface area contributed by atoms with Crippen molar-refractivity contribution in [1.82, 2.24) is 5.16 Å². The molecule has 0 bridgehead atoms. The van der Waals surface area contributed by atoms with Crippen molar-refractivity contribution in [2.75, 3.05) is 12.4 Å². The van der Waals surface area contributed by atoms with Crippen LogP contribution in [-0.4, -0.2) is 23.1 Å². The zero-order valence-electron chi connectivity index (χ0n) is 13.1. The van der Waals surface area contributed by atoms with Crippen LogP contribution in [0.4, 0.5) is 11.4 Å². The van der Waals surface area contributed by atoms with Gasteiger partial charge in [-0.25, -0.2) is 0 Å². The van der Waals surface area contributed by atoms with Gasteiger partial charge in [0.1, 0.15) is 5.75 Å². The van der Waals surface area contributed by atoms with Gasteiger partial charge in [-0.15, -0.1) is 0 Å². The van der Waals surface area contributed by atoms with E-state index in [1.807, 2.05) is 12.1 Å². The Hall–Kier alpha value is -3.68. The molecule has 0 aliphatic carbocycles. The van der Waals surface area contributed by atoms with Crippen LogP contribution in [0.3, 0.4) is 0 Å². The smallest absolute Gasteiger partial charge is 0.277 e. The minimum Gasteiger partial charge on any atom is -0.496 e. The van der Waals surface area contributed by atoms with Crippen molar-refractivity contribution in [2.45, 2.75) is 0 Å². The molecule has 8 nitrogen and oxygen atoms in total. The van der Waals surface area contributed by atoms with E-state index in [2.05, 4.69) is 10.5 Å². The third-order valence-corrected chi connectivity index (χ3v) is 3.43. The quantitative estimate of drug-likeness (QED) is 0.563. The van der Waals surface area contributed by atoms with Gasteiger partial charge in [-0.3, -0.25) is 14.9 Å². The number of nitrogens with one attached hydrogen (secondary N) is 1. The Balaban J connectivity index is 1.81. The van der Waals surface area contributed by atoms with E-state index in [-0.39, 0.29) is 11.4 Å². The van der Waals surface area contributed by atoms with Crippen molar-refractivity contribution in [3.8, 4) is 17.1 Å². The topological polar surface area (TPSA) is 108 Å². The summed E-state index contributed by atoms with van der Waals surface area (Å²) in [4.78, 5) is 22.5. The van der Waals surface area contributed by atoms with E-state index in [0.29, 0.717) is 22.8 Å². The summed E-state index contributed by atoms with van der Waals surface area (Å²) < 4.78 is 10.5. The maximum Gasteiger partial charge on any atom is 0.277 e. The predicted octanol–water partition coefficient (Wildman–Crippen LogP) is 3.51. The molecule has 3 aromatic rings. The fourth-order valence-corrected chi connectivity index (χ4v) is 2.25. The van der Waals surface area contributed by atoms with E-state index < -0.39 is 10.8 Å². The number of aromatic nitrogens is 1. The van der Waals surface area contributed by atoms with E-state index in [4.69, 9.17) is 9.26 Å². The number of hydrogen-bond acceptors (Lipinski definition) is 6. The zero-order chi connectivity index (χ0) is 17.8. The summed E-state index contributed by atoms with van der Waals surface area (Å²) >= 11 is 0. The number of benzene rings is 2. The fourth-order valence-electron chi connectivity index (χ4n) is 2.25. The molecule has 0 atom stereocenters. The monoisotopic (exact) mass is 339 g/mol. The summed E-state index contributed by atoms with van der Waals surface area (Å²) in [7, 11) is 1.53. The second-order valence-electron chi connectivity index (χ2n) is 5.04. The number of nitro benzene ring substituents is 1. The van der Waals surface area contributed by atoms with Crippen LogP contribution in [0.5, 0.6) is 5.75 Å². The van der Waals surface area contributed by atoms with Crippen molar-refractivity contribution in [3.05, 3.63) is 70.4 Å². The average molecular weight is 339 g/mol. The van der Waals surface area contributed by atoms with Gasteiger partial charge in [-0.05, 0) is 18.2 Å². The molecule has 0 unspecified atom stereocenters. The van der Waals surface area contributed by atoms with Crippen molar-refractivity contribution in [2.24, 2.45) is 0 Å². The van der Waals surface area contributed by atoms with Crippen LogP contribution < -0.4 is 10.1 Å². The summed E-state index contributed by atoms with van der Waals surface area (Å²) in [5.74, 6) is 0.427. The van der Waals surface area contributed by atoms with Crippen molar-refractivity contribution < 1.29 is 19.0 Å². The zero-order valence-corrected chi connectivity index (χ0v) is 13.1. The van der Waals surface area contributed by atoms with Gasteiger partial charge in [-0.2, -0.15) is 0 Å². The number of rotatable bonds is 5. The lowest BCUT2D eigenvalue weighted by Gasteiger charge is -2.03. The molecule has 0 radical (unpaired) electrons. The predicted molar refractivity (Wildman–Crippen MR) is 89.5 cm³/mol. The first kappa shape index (κ1) is 16.2. The summed E-state index contributed by atoms with van der Waals surface area (Å²) in [6.45, 7) is 0. The molecule has 2 aromatic carbocycles. The molecule has 0 spiro atoms. The normalized spacial score (nSPS) is 10.3. The number of carbonyl (C=O) groups is 1. The second-order valence-corrected chi connectivity index (χ2v) is 5.04. The first-order chi connectivity index (χ1) is 12.1. The highest BCUT2D eigenvalue weighted by atomic mass is 16.6. The molecule has 1 aromatic heterocycles. The highest BCUT2D eigenvalue weighted by molar-refractivity contribution is 6.03. The van der Waals surface area contributed by atoms with Gasteiger partial charge in [-0.1, -0.05) is 23.4 Å². The Bertz CT molecular complexity index is 935. The third kappa shape index (κ3) is 3.47. The molecular weight excluding hydrogens is 326 g/mol. The number of para-hydroxylation sites is 1. The number of amides is 1. The van der Waals surface area contributed by atoms with Crippen LogP contribution in [0.2, 0.25) is 0 Å². The molecule has 8 heteroatoms. The fraction of sp³-hybridized carbons (Fsp3) is 0.0588. The standard InChI is InChI=1S/C17H13N3O5/c1-24-15-8-3-2-7-13(15)16-10-14(19-25-16)17(21)18-11-5-4-6-12(9-11)20(22)23/h2-10H,1H3,(H,18,21). The van der Waals surface area contributed by atoms with E-state index >= 15 is 0 Å². The first-order valence-electron chi connectivity index (χ1n) is 7.24. The van der Waals surface area contributed by atoms with Gasteiger partial charge >= 0.3 is 0 Å². The van der Waals surface area contributed by atoms with Crippen LogP contribution in [0.1, 0.15) is 10.5 Å². The molecule has 0 fully saturated rings. The Labute approximate surface area is 142 Å². The molecule has 0 aliphatic rings. The Kier molecular flexibility index (Phi) is 4.42. The number of nitro groups is 1. The summed E-state index contributed by atoms with van der Waals surface area (Å²) in [6, 6.07) is 14.3. The Morgan fingerprint density at radius 1 is 1.20 bits per heavy atom. The number of methoxy groups -OCH3 is 1. The van der Waals surface area contributed by atoms with E-state index in [0.717, 1.165) is 0 Å². The van der Waals surface area contributed by atoms with Crippen molar-refractivity contribution in [3.63, 3.8) is 0 Å². The van der Waals surface area contributed by atoms with Crippen molar-refractivity contribution in [1.29, 1.82) is 0 Å². The second kappa shape index (κ2) is 6.83. The number of hydrogen-bond donors (Lipinski definition) is 1. The van der Waals surface area contributed by atoms with Gasteiger partial charge in [0.05, 0.1) is 17.6 Å². The maximum atomic E-state index is 12.3. The summed E-state index contributed by atoms with van der Waals surface area (Å²) in [6.07, 6.45) is 0. The molecule has 0 saturated carbocycles. The number of ether oxygens (including phenoxy) is 1. The van der Waals surface area contributed by atoms with Gasteiger partial charge in [0.15, 0.2) is 11.5 Å². The van der Waals surface area contributed by atoms with Gasteiger partial charge < -0.3 is 14.6 Å². The SMILES string of the molecule is COc1ccccc1-c1cc(C(=O)Nc2cccc([N+](=O)[O-])c2)no1. The first-order valence-corrected chi connectivity index (χ1v) is 7.24. The minimum absolute atomic E-state index is 0.0485. The number of non-ortho nitro benzene ring substituents is 1. The van der Waals surface area contributed by atoms with Crippen LogP contribution in [0, 0.1) is 10.1 Å². The molecule has 126 valence electrons. The summed E-state index contributed by atoms with van der Waals surface area (Å²) in [5, 5.41) is 17.1. The largest absolute Gasteiger partial charge is 0.496 e. The average Bonchev–Trinajstić information content (AvgIpc) is 3.12. The number of anilines is 1. The van der Waals surface area contributed by atoms with Gasteiger partial charge in [0.2, 0.25) is 0 Å². The lowest BCUT2D eigenvalue weighted by Crippen LogP contribution is -2.12. The van der Waals surface area contributed by atoms with E-state index in [1.165, 1.54) is 31.4 Å². The van der Waals surface area contributed by atoms with Crippen LogP contribution >= 0.6 is 0 Å². The Morgan fingerprint density at radius 3 is 2.76 bits per heavy atom. The Morgan fingerprint density at radius 2 is 2.00 bits per heavy atom. The summed E-state index contributed by atoms with van der Waals surface area (Å²) in [5.41, 5.74) is 0.882. The number of nitrogens with zero attached hydrogens (tertiary/aromatic N) is 2. The molecule has 25 heavy (non-hydrogen) atoms. The van der Waals surface area contributed by atoms with Gasteiger partial charge in [0.25, 0.3) is 11.6 Å². The molecule has 0 saturated heterocycles. The maximum absolute atomic E-state index is 12.3. The van der Waals surface area contributed by atoms with Gasteiger partial charge in [0, 0.05) is 23.9 Å². The molecular formula is C17H13N3O5. The van der Waals surface area contributed by atoms with Crippen LogP contribution in [0.15, 0.2) is 59.1 Å². The lowest BCUT2D eigenvalue weighted by molar-refractivity contribution is -0.384. The lowest BCUT2D eigenvalue weighted by atomic mass is 10.1. The molecule has 0 aliphatic heterocycles. The highest BCUT2D eigenvalue weighted by Crippen LogP contribution is 2.30. The molecule has 1 amide bonds. The minimum atomic E-state index is -0.537. The van der Waals surface area contributed by atoms with E-state index in [9.17, 15) is 14.9 Å². The van der Waals surface area contributed by atoms with E-state index in [1.54, 1.807) is 18.2 Å². The third-order valence-electron chi connectivity index (χ3n) is 3.43.